The minimum atomic E-state index is -0.207. The Hall–Kier alpha value is -1.43. The first-order chi connectivity index (χ1) is 8.77. The molecule has 0 spiro atoms. The van der Waals surface area contributed by atoms with Gasteiger partial charge in [0.05, 0.1) is 13.0 Å². The molecule has 0 fully saturated rings. The van der Waals surface area contributed by atoms with E-state index in [1.165, 1.54) is 0 Å². The van der Waals surface area contributed by atoms with Gasteiger partial charge in [-0.1, -0.05) is 24.3 Å². The molecule has 1 amide bonds. The Morgan fingerprint density at radius 2 is 2.00 bits per heavy atom. The molecule has 18 heavy (non-hydrogen) atoms. The van der Waals surface area contributed by atoms with Crippen molar-refractivity contribution >= 4 is 5.91 Å². The maximum absolute atomic E-state index is 11.3. The molecule has 0 heterocycles. The van der Waals surface area contributed by atoms with E-state index < -0.39 is 0 Å². The summed E-state index contributed by atoms with van der Waals surface area (Å²) in [5.74, 6) is 4.87. The molecule has 0 aliphatic carbocycles. The summed E-state index contributed by atoms with van der Waals surface area (Å²) >= 11 is 0. The van der Waals surface area contributed by atoms with Crippen LogP contribution in [0.3, 0.4) is 0 Å². The highest BCUT2D eigenvalue weighted by atomic mass is 16.5. The van der Waals surface area contributed by atoms with Crippen molar-refractivity contribution in [1.82, 2.24) is 5.43 Å². The summed E-state index contributed by atoms with van der Waals surface area (Å²) in [6.07, 6.45) is 1.13. The lowest BCUT2D eigenvalue weighted by Crippen LogP contribution is -2.31. The zero-order chi connectivity index (χ0) is 13.2. The van der Waals surface area contributed by atoms with Crippen molar-refractivity contribution in [2.45, 2.75) is 19.4 Å². The number of ether oxygens (including phenoxy) is 2. The molecule has 0 bridgehead atoms. The molecule has 0 unspecified atom stereocenters. The number of nitrogens with one attached hydrogen (secondary N) is 1. The molecule has 3 N–H and O–H groups in total. The normalized spacial score (nSPS) is 10.3. The first-order valence-electron chi connectivity index (χ1n) is 5.91. The van der Waals surface area contributed by atoms with Crippen molar-refractivity contribution in [3.05, 3.63) is 35.4 Å². The fourth-order valence-electron chi connectivity index (χ4n) is 1.58. The molecule has 1 rings (SSSR count). The van der Waals surface area contributed by atoms with Crippen LogP contribution in [0.4, 0.5) is 0 Å². The fourth-order valence-corrected chi connectivity index (χ4v) is 1.58. The average Bonchev–Trinajstić information content (AvgIpc) is 2.40. The number of methoxy groups -OCH3 is 1. The highest BCUT2D eigenvalue weighted by Gasteiger charge is 2.06. The van der Waals surface area contributed by atoms with Crippen LogP contribution >= 0.6 is 0 Å². The standard InChI is InChI=1S/C13H20N2O3/c1-17-7-4-8-18-10-12-6-3-2-5-11(12)9-13(16)15-14/h2-3,5-6H,4,7-10,14H2,1H3,(H,15,16). The van der Waals surface area contributed by atoms with Gasteiger partial charge in [0, 0.05) is 20.3 Å². The zero-order valence-electron chi connectivity index (χ0n) is 10.6. The number of hydrazine groups is 1. The molecule has 0 saturated carbocycles. The maximum Gasteiger partial charge on any atom is 0.238 e. The van der Waals surface area contributed by atoms with Gasteiger partial charge in [0.2, 0.25) is 5.91 Å². The number of benzene rings is 1. The van der Waals surface area contributed by atoms with Gasteiger partial charge >= 0.3 is 0 Å². The predicted molar refractivity (Wildman–Crippen MR) is 68.6 cm³/mol. The smallest absolute Gasteiger partial charge is 0.238 e. The van der Waals surface area contributed by atoms with Crippen molar-refractivity contribution in [3.8, 4) is 0 Å². The van der Waals surface area contributed by atoms with Crippen molar-refractivity contribution in [1.29, 1.82) is 0 Å². The second-order valence-electron chi connectivity index (χ2n) is 3.91. The molecule has 1 aromatic rings. The van der Waals surface area contributed by atoms with E-state index in [1.807, 2.05) is 24.3 Å². The minimum absolute atomic E-state index is 0.207. The Morgan fingerprint density at radius 1 is 1.28 bits per heavy atom. The van der Waals surface area contributed by atoms with Crippen LogP contribution in [0.25, 0.3) is 0 Å². The number of amides is 1. The average molecular weight is 252 g/mol. The van der Waals surface area contributed by atoms with Crippen LogP contribution in [0.5, 0.6) is 0 Å². The number of carbonyl (C=O) groups is 1. The summed E-state index contributed by atoms with van der Waals surface area (Å²) in [5.41, 5.74) is 4.08. The molecular formula is C13H20N2O3. The Balaban J connectivity index is 2.46. The molecule has 0 atom stereocenters. The fraction of sp³-hybridized carbons (Fsp3) is 0.462. The number of rotatable bonds is 8. The zero-order valence-corrected chi connectivity index (χ0v) is 10.6. The molecule has 0 aliphatic heterocycles. The Kier molecular flexibility index (Phi) is 7.01. The van der Waals surface area contributed by atoms with Crippen LogP contribution in [0.2, 0.25) is 0 Å². The third-order valence-electron chi connectivity index (χ3n) is 2.53. The molecule has 0 aliphatic rings. The van der Waals surface area contributed by atoms with Gasteiger partial charge in [-0.15, -0.1) is 0 Å². The topological polar surface area (TPSA) is 73.6 Å². The SMILES string of the molecule is COCCCOCc1ccccc1CC(=O)NN. The van der Waals surface area contributed by atoms with E-state index in [4.69, 9.17) is 15.3 Å². The molecule has 1 aromatic carbocycles. The van der Waals surface area contributed by atoms with Crippen LogP contribution in [0.1, 0.15) is 17.5 Å². The summed E-state index contributed by atoms with van der Waals surface area (Å²) in [7, 11) is 1.67. The first-order valence-corrected chi connectivity index (χ1v) is 5.91. The quantitative estimate of drug-likeness (QED) is 0.310. The van der Waals surface area contributed by atoms with Crippen molar-refractivity contribution in [2.24, 2.45) is 5.84 Å². The van der Waals surface area contributed by atoms with Crippen LogP contribution in [-0.4, -0.2) is 26.2 Å². The lowest BCUT2D eigenvalue weighted by Gasteiger charge is -2.09. The Bertz CT molecular complexity index is 369. The molecule has 0 saturated heterocycles. The van der Waals surface area contributed by atoms with E-state index in [-0.39, 0.29) is 12.3 Å². The monoisotopic (exact) mass is 252 g/mol. The first kappa shape index (κ1) is 14.6. The van der Waals surface area contributed by atoms with Gasteiger partial charge in [0.15, 0.2) is 0 Å². The lowest BCUT2D eigenvalue weighted by molar-refractivity contribution is -0.120. The van der Waals surface area contributed by atoms with Gasteiger partial charge in [0.25, 0.3) is 0 Å². The Labute approximate surface area is 107 Å². The summed E-state index contributed by atoms with van der Waals surface area (Å²) in [5, 5.41) is 0. The van der Waals surface area contributed by atoms with Crippen LogP contribution in [-0.2, 0) is 27.3 Å². The lowest BCUT2D eigenvalue weighted by atomic mass is 10.1. The Morgan fingerprint density at radius 3 is 2.67 bits per heavy atom. The van der Waals surface area contributed by atoms with Gasteiger partial charge in [0.1, 0.15) is 0 Å². The van der Waals surface area contributed by atoms with E-state index in [2.05, 4.69) is 5.43 Å². The molecule has 5 heteroatoms. The van der Waals surface area contributed by atoms with E-state index in [1.54, 1.807) is 7.11 Å². The van der Waals surface area contributed by atoms with Crippen LogP contribution < -0.4 is 11.3 Å². The molecule has 0 radical (unpaired) electrons. The highest BCUT2D eigenvalue weighted by molar-refractivity contribution is 5.78. The second kappa shape index (κ2) is 8.63. The van der Waals surface area contributed by atoms with E-state index in [0.717, 1.165) is 17.5 Å². The number of carbonyl (C=O) groups excluding carboxylic acids is 1. The summed E-state index contributed by atoms with van der Waals surface area (Å²) in [6, 6.07) is 7.68. The maximum atomic E-state index is 11.3. The molecule has 5 nitrogen and oxygen atoms in total. The van der Waals surface area contributed by atoms with E-state index >= 15 is 0 Å². The van der Waals surface area contributed by atoms with Gasteiger partial charge in [-0.3, -0.25) is 10.2 Å². The highest BCUT2D eigenvalue weighted by Crippen LogP contribution is 2.11. The third-order valence-corrected chi connectivity index (χ3v) is 2.53. The van der Waals surface area contributed by atoms with Crippen molar-refractivity contribution < 1.29 is 14.3 Å². The van der Waals surface area contributed by atoms with Crippen molar-refractivity contribution in [2.75, 3.05) is 20.3 Å². The van der Waals surface area contributed by atoms with Crippen LogP contribution in [0.15, 0.2) is 24.3 Å². The van der Waals surface area contributed by atoms with E-state index in [9.17, 15) is 4.79 Å². The molecule has 0 aromatic heterocycles. The van der Waals surface area contributed by atoms with Crippen molar-refractivity contribution in [3.63, 3.8) is 0 Å². The summed E-state index contributed by atoms with van der Waals surface area (Å²) in [4.78, 5) is 11.3. The van der Waals surface area contributed by atoms with Gasteiger partial charge in [-0.05, 0) is 17.5 Å². The summed E-state index contributed by atoms with van der Waals surface area (Å²) in [6.45, 7) is 1.83. The van der Waals surface area contributed by atoms with E-state index in [0.29, 0.717) is 19.8 Å². The number of hydrogen-bond acceptors (Lipinski definition) is 4. The number of nitrogens with two attached hydrogens (primary N) is 1. The molecular weight excluding hydrogens is 232 g/mol. The predicted octanol–water partition coefficient (Wildman–Crippen LogP) is 0.772. The van der Waals surface area contributed by atoms with Gasteiger partial charge in [-0.25, -0.2) is 5.84 Å². The van der Waals surface area contributed by atoms with Crippen LogP contribution in [0, 0.1) is 0 Å². The summed E-state index contributed by atoms with van der Waals surface area (Å²) < 4.78 is 10.5. The second-order valence-corrected chi connectivity index (χ2v) is 3.91. The number of hydrogen-bond donors (Lipinski definition) is 2. The third kappa shape index (κ3) is 5.27. The van der Waals surface area contributed by atoms with Gasteiger partial charge < -0.3 is 9.47 Å². The minimum Gasteiger partial charge on any atom is -0.385 e. The van der Waals surface area contributed by atoms with Gasteiger partial charge in [-0.2, -0.15) is 0 Å². The largest absolute Gasteiger partial charge is 0.385 e. The molecule has 100 valence electrons.